The zero-order chi connectivity index (χ0) is 16.7. The van der Waals surface area contributed by atoms with E-state index in [0.717, 1.165) is 29.2 Å². The summed E-state index contributed by atoms with van der Waals surface area (Å²) in [6.45, 7) is 2.58. The predicted molar refractivity (Wildman–Crippen MR) is 90.7 cm³/mol. The van der Waals surface area contributed by atoms with Crippen molar-refractivity contribution in [1.29, 1.82) is 0 Å². The van der Waals surface area contributed by atoms with E-state index >= 15 is 0 Å². The van der Waals surface area contributed by atoms with Crippen LogP contribution in [0.25, 0.3) is 10.6 Å². The Bertz CT molecular complexity index is 865. The van der Waals surface area contributed by atoms with Crippen molar-refractivity contribution >= 4 is 17.2 Å². The number of amides is 1. The van der Waals surface area contributed by atoms with Gasteiger partial charge in [-0.05, 0) is 37.3 Å². The number of carbonyl (C=O) groups excluding carboxylic acids is 1. The first-order valence-corrected chi connectivity index (χ1v) is 8.79. The van der Waals surface area contributed by atoms with E-state index in [2.05, 4.69) is 20.3 Å². The van der Waals surface area contributed by atoms with Crippen molar-refractivity contribution in [3.63, 3.8) is 0 Å². The zero-order valence-electron chi connectivity index (χ0n) is 13.6. The van der Waals surface area contributed by atoms with E-state index in [1.54, 1.807) is 16.0 Å². The summed E-state index contributed by atoms with van der Waals surface area (Å²) in [4.78, 5) is 20.3. The summed E-state index contributed by atoms with van der Waals surface area (Å²) in [6.07, 6.45) is 1.84. The number of nitrogens with zero attached hydrogens (tertiary/aromatic N) is 5. The molecule has 0 spiro atoms. The molecule has 1 fully saturated rings. The molecule has 3 aromatic rings. The Balaban J connectivity index is 1.62. The van der Waals surface area contributed by atoms with Crippen LogP contribution in [0.4, 0.5) is 0 Å². The molecule has 8 heteroatoms. The molecular weight excluding hydrogens is 324 g/mol. The molecule has 4 rings (SSSR count). The van der Waals surface area contributed by atoms with Crippen LogP contribution in [-0.2, 0) is 7.05 Å². The van der Waals surface area contributed by atoms with Crippen LogP contribution in [0.5, 0.6) is 0 Å². The van der Waals surface area contributed by atoms with Crippen molar-refractivity contribution in [2.75, 3.05) is 6.54 Å². The number of thiophene rings is 1. The second-order valence-corrected chi connectivity index (χ2v) is 6.90. The maximum atomic E-state index is 13.0. The molecule has 0 saturated carbocycles. The summed E-state index contributed by atoms with van der Waals surface area (Å²) in [5, 5.41) is 13.5. The second-order valence-electron chi connectivity index (χ2n) is 5.95. The van der Waals surface area contributed by atoms with Crippen molar-refractivity contribution < 1.29 is 4.79 Å². The van der Waals surface area contributed by atoms with Crippen molar-refractivity contribution in [3.8, 4) is 10.6 Å². The minimum Gasteiger partial charge on any atom is -0.327 e. The first-order chi connectivity index (χ1) is 11.6. The summed E-state index contributed by atoms with van der Waals surface area (Å²) in [5.74, 6) is 1.40. The number of likely N-dealkylation sites (tertiary alicyclic amines) is 1. The number of nitrogens with one attached hydrogen (secondary N) is 1. The molecule has 1 atom stereocenters. The monoisotopic (exact) mass is 342 g/mol. The molecule has 24 heavy (non-hydrogen) atoms. The minimum atomic E-state index is -0.0744. The lowest BCUT2D eigenvalue weighted by Crippen LogP contribution is -2.31. The van der Waals surface area contributed by atoms with Crippen molar-refractivity contribution in [1.82, 2.24) is 29.9 Å². The van der Waals surface area contributed by atoms with Gasteiger partial charge in [0.05, 0.1) is 16.6 Å². The highest BCUT2D eigenvalue weighted by atomic mass is 32.1. The Morgan fingerprint density at radius 2 is 2.33 bits per heavy atom. The molecule has 1 amide bonds. The average molecular weight is 342 g/mol. The van der Waals surface area contributed by atoms with E-state index in [1.807, 2.05) is 42.5 Å². The van der Waals surface area contributed by atoms with Gasteiger partial charge in [0.2, 0.25) is 0 Å². The van der Waals surface area contributed by atoms with Gasteiger partial charge < -0.3 is 4.90 Å². The number of aromatic nitrogens is 5. The number of aryl methyl sites for hydroxylation is 2. The van der Waals surface area contributed by atoms with E-state index in [4.69, 9.17) is 0 Å². The number of H-pyrrole nitrogens is 1. The highest BCUT2D eigenvalue weighted by Gasteiger charge is 2.34. The fraction of sp³-hybridized carbons (Fsp3) is 0.375. The van der Waals surface area contributed by atoms with Crippen molar-refractivity contribution in [2.45, 2.75) is 25.8 Å². The van der Waals surface area contributed by atoms with Crippen molar-refractivity contribution in [2.24, 2.45) is 7.05 Å². The lowest BCUT2D eigenvalue weighted by molar-refractivity contribution is 0.0723. The number of hydrogen-bond donors (Lipinski definition) is 1. The van der Waals surface area contributed by atoms with Crippen molar-refractivity contribution in [3.05, 3.63) is 40.9 Å². The summed E-state index contributed by atoms with van der Waals surface area (Å²) in [5.41, 5.74) is 1.43. The molecule has 0 radical (unpaired) electrons. The van der Waals surface area contributed by atoms with Crippen LogP contribution in [0.1, 0.15) is 41.0 Å². The van der Waals surface area contributed by atoms with Gasteiger partial charge in [-0.3, -0.25) is 14.6 Å². The zero-order valence-corrected chi connectivity index (χ0v) is 14.4. The van der Waals surface area contributed by atoms with Crippen LogP contribution in [0.15, 0.2) is 23.6 Å². The molecule has 1 aliphatic rings. The Kier molecular flexibility index (Phi) is 3.68. The topological polar surface area (TPSA) is 79.7 Å². The fourth-order valence-corrected chi connectivity index (χ4v) is 3.93. The van der Waals surface area contributed by atoms with Gasteiger partial charge >= 0.3 is 0 Å². The largest absolute Gasteiger partial charge is 0.327 e. The Morgan fingerprint density at radius 1 is 1.46 bits per heavy atom. The molecule has 1 aliphatic heterocycles. The van der Waals surface area contributed by atoms with E-state index in [9.17, 15) is 4.79 Å². The summed E-state index contributed by atoms with van der Waals surface area (Å²) in [6, 6.07) is 5.82. The first-order valence-electron chi connectivity index (χ1n) is 7.91. The van der Waals surface area contributed by atoms with Gasteiger partial charge in [-0.15, -0.1) is 11.3 Å². The third kappa shape index (κ3) is 2.52. The van der Waals surface area contributed by atoms with Gasteiger partial charge in [0, 0.05) is 13.6 Å². The summed E-state index contributed by atoms with van der Waals surface area (Å²) in [7, 11) is 1.87. The quantitative estimate of drug-likeness (QED) is 0.793. The minimum absolute atomic E-state index is 0.0571. The maximum absolute atomic E-state index is 13.0. The second kappa shape index (κ2) is 5.86. The molecule has 0 unspecified atom stereocenters. The molecule has 1 N–H and O–H groups in total. The number of hydrogen-bond acceptors (Lipinski definition) is 5. The normalized spacial score (nSPS) is 17.6. The van der Waals surface area contributed by atoms with Crippen LogP contribution in [0.2, 0.25) is 0 Å². The summed E-state index contributed by atoms with van der Waals surface area (Å²) < 4.78 is 1.76. The Hall–Kier alpha value is -2.48. The Labute approximate surface area is 143 Å². The molecule has 3 aromatic heterocycles. The lowest BCUT2D eigenvalue weighted by Gasteiger charge is -2.21. The summed E-state index contributed by atoms with van der Waals surface area (Å²) >= 11 is 1.64. The SMILES string of the molecule is Cc1nc([C@H]2CCCN2C(=O)c2cc(-c3cccs3)n(C)n2)n[nH]1. The van der Waals surface area contributed by atoms with Gasteiger partial charge in [0.25, 0.3) is 5.91 Å². The molecule has 0 aromatic carbocycles. The van der Waals surface area contributed by atoms with Gasteiger partial charge in [0.1, 0.15) is 5.82 Å². The molecule has 7 nitrogen and oxygen atoms in total. The molecule has 124 valence electrons. The van der Waals surface area contributed by atoms with Gasteiger partial charge in [-0.25, -0.2) is 4.98 Å². The van der Waals surface area contributed by atoms with E-state index in [0.29, 0.717) is 18.1 Å². The van der Waals surface area contributed by atoms with Gasteiger partial charge in [-0.1, -0.05) is 6.07 Å². The van der Waals surface area contributed by atoms with E-state index < -0.39 is 0 Å². The standard InChI is InChI=1S/C16H18N6OS/c1-10-17-15(19-18-10)12-5-3-7-22(12)16(23)11-9-13(21(2)20-11)14-6-4-8-24-14/h4,6,8-9,12H,3,5,7H2,1-2H3,(H,17,18,19)/t12-/m1/s1. The number of carbonyl (C=O) groups is 1. The smallest absolute Gasteiger partial charge is 0.274 e. The Morgan fingerprint density at radius 3 is 3.04 bits per heavy atom. The van der Waals surface area contributed by atoms with Crippen LogP contribution in [0, 0.1) is 6.92 Å². The maximum Gasteiger partial charge on any atom is 0.274 e. The van der Waals surface area contributed by atoms with Crippen LogP contribution in [0.3, 0.4) is 0 Å². The third-order valence-corrected chi connectivity index (χ3v) is 5.19. The first kappa shape index (κ1) is 15.1. The third-order valence-electron chi connectivity index (χ3n) is 4.30. The van der Waals surface area contributed by atoms with Gasteiger partial charge in [-0.2, -0.15) is 10.2 Å². The number of aromatic amines is 1. The van der Waals surface area contributed by atoms with Crippen LogP contribution < -0.4 is 0 Å². The highest BCUT2D eigenvalue weighted by molar-refractivity contribution is 7.13. The molecule has 0 aliphatic carbocycles. The van der Waals surface area contributed by atoms with Gasteiger partial charge in [0.15, 0.2) is 11.5 Å². The average Bonchev–Trinajstić information content (AvgIpc) is 3.33. The molecule has 1 saturated heterocycles. The molecular formula is C16H18N6OS. The number of rotatable bonds is 3. The predicted octanol–water partition coefficient (Wildman–Crippen LogP) is 2.55. The lowest BCUT2D eigenvalue weighted by atomic mass is 10.2. The van der Waals surface area contributed by atoms with E-state index in [1.165, 1.54) is 0 Å². The fourth-order valence-electron chi connectivity index (χ4n) is 3.16. The van der Waals surface area contributed by atoms with Crippen LogP contribution in [-0.4, -0.2) is 42.3 Å². The van der Waals surface area contributed by atoms with E-state index in [-0.39, 0.29) is 11.9 Å². The van der Waals surface area contributed by atoms with Crippen LogP contribution >= 0.6 is 11.3 Å². The highest BCUT2D eigenvalue weighted by Crippen LogP contribution is 2.32. The molecule has 0 bridgehead atoms. The molecule has 4 heterocycles.